The number of nitrogens with one attached hydrogen (secondary N) is 1. The van der Waals surface area contributed by atoms with Crippen LogP contribution in [0, 0.1) is 0 Å². The van der Waals surface area contributed by atoms with Crippen LogP contribution < -0.4 is 11.1 Å². The Bertz CT molecular complexity index is 614. The van der Waals surface area contributed by atoms with Gasteiger partial charge < -0.3 is 16.0 Å². The lowest BCUT2D eigenvalue weighted by Gasteiger charge is -2.21. The summed E-state index contributed by atoms with van der Waals surface area (Å²) in [6.45, 7) is 1.91. The van der Waals surface area contributed by atoms with E-state index >= 15 is 0 Å². The molecule has 7 heteroatoms. The molecule has 3 rings (SSSR count). The Kier molecular flexibility index (Phi) is 4.36. The molecule has 0 spiro atoms. The van der Waals surface area contributed by atoms with Gasteiger partial charge in [0.1, 0.15) is 11.1 Å². The quantitative estimate of drug-likeness (QED) is 0.881. The first-order valence-electron chi connectivity index (χ1n) is 6.75. The standard InChI is InChI=1S/C14H15Cl2N3OS/c15-8-4-3-5-9(10(8)16)18-12-11(17)14(20)21-13(12)19-6-1-2-7-19/h3-5,11,18H,1-2,6-7,17H2. The first kappa shape index (κ1) is 15.0. The molecule has 0 radical (unpaired) electrons. The summed E-state index contributed by atoms with van der Waals surface area (Å²) in [5, 5.41) is 4.99. The normalized spacial score (nSPS) is 22.3. The minimum Gasteiger partial charge on any atom is -0.365 e. The van der Waals surface area contributed by atoms with E-state index in [1.165, 1.54) is 11.8 Å². The van der Waals surface area contributed by atoms with Crippen LogP contribution in [0.15, 0.2) is 28.9 Å². The molecular weight excluding hydrogens is 329 g/mol. The van der Waals surface area contributed by atoms with Crippen molar-refractivity contribution in [3.63, 3.8) is 0 Å². The molecule has 1 saturated heterocycles. The zero-order valence-corrected chi connectivity index (χ0v) is 13.6. The molecule has 3 N–H and O–H groups in total. The molecule has 2 heterocycles. The predicted molar refractivity (Wildman–Crippen MR) is 88.5 cm³/mol. The highest BCUT2D eigenvalue weighted by Gasteiger charge is 2.35. The number of benzene rings is 1. The molecule has 0 aliphatic carbocycles. The molecular formula is C14H15Cl2N3OS. The number of carbonyl (C=O) groups excluding carboxylic acids is 1. The Morgan fingerprint density at radius 3 is 2.71 bits per heavy atom. The monoisotopic (exact) mass is 343 g/mol. The van der Waals surface area contributed by atoms with E-state index in [0.717, 1.165) is 36.7 Å². The molecule has 1 aromatic carbocycles. The smallest absolute Gasteiger partial charge is 0.217 e. The van der Waals surface area contributed by atoms with Crippen molar-refractivity contribution in [1.82, 2.24) is 4.90 Å². The lowest BCUT2D eigenvalue weighted by atomic mass is 10.2. The maximum atomic E-state index is 12.0. The molecule has 112 valence electrons. The summed E-state index contributed by atoms with van der Waals surface area (Å²) in [7, 11) is 0. The van der Waals surface area contributed by atoms with Crippen LogP contribution in [0.1, 0.15) is 12.8 Å². The van der Waals surface area contributed by atoms with Gasteiger partial charge in [0.15, 0.2) is 0 Å². The van der Waals surface area contributed by atoms with E-state index in [0.29, 0.717) is 15.7 Å². The van der Waals surface area contributed by atoms with Gasteiger partial charge in [0, 0.05) is 13.1 Å². The minimum atomic E-state index is -0.652. The number of likely N-dealkylation sites (tertiary alicyclic amines) is 1. The van der Waals surface area contributed by atoms with E-state index < -0.39 is 6.04 Å². The Labute approximate surface area is 137 Å². The van der Waals surface area contributed by atoms with Crippen LogP contribution in [-0.4, -0.2) is 29.1 Å². The average Bonchev–Trinajstić information content (AvgIpc) is 3.07. The van der Waals surface area contributed by atoms with Gasteiger partial charge in [0.2, 0.25) is 5.12 Å². The average molecular weight is 344 g/mol. The topological polar surface area (TPSA) is 58.4 Å². The number of nitrogens with two attached hydrogens (primary N) is 1. The van der Waals surface area contributed by atoms with E-state index in [1.807, 2.05) is 12.1 Å². The van der Waals surface area contributed by atoms with E-state index in [-0.39, 0.29) is 5.12 Å². The number of hydrogen-bond donors (Lipinski definition) is 2. The maximum Gasteiger partial charge on any atom is 0.217 e. The Morgan fingerprint density at radius 1 is 1.29 bits per heavy atom. The highest BCUT2D eigenvalue weighted by atomic mass is 35.5. The van der Waals surface area contributed by atoms with Crippen molar-refractivity contribution in [2.24, 2.45) is 5.73 Å². The number of halogens is 2. The molecule has 0 saturated carbocycles. The number of hydrogen-bond acceptors (Lipinski definition) is 5. The van der Waals surface area contributed by atoms with Crippen LogP contribution in [0.5, 0.6) is 0 Å². The van der Waals surface area contributed by atoms with Gasteiger partial charge in [0.25, 0.3) is 0 Å². The molecule has 2 aliphatic heterocycles. The fraction of sp³-hybridized carbons (Fsp3) is 0.357. The summed E-state index contributed by atoms with van der Waals surface area (Å²) in [6.07, 6.45) is 2.28. The Balaban J connectivity index is 1.94. The summed E-state index contributed by atoms with van der Waals surface area (Å²) >= 11 is 13.4. The zero-order chi connectivity index (χ0) is 15.0. The van der Waals surface area contributed by atoms with Gasteiger partial charge in [-0.1, -0.05) is 29.3 Å². The van der Waals surface area contributed by atoms with Gasteiger partial charge >= 0.3 is 0 Å². The van der Waals surface area contributed by atoms with Gasteiger partial charge in [-0.15, -0.1) is 0 Å². The van der Waals surface area contributed by atoms with Gasteiger partial charge in [-0.05, 0) is 36.7 Å². The predicted octanol–water partition coefficient (Wildman–Crippen LogP) is 3.27. The Morgan fingerprint density at radius 2 is 2.00 bits per heavy atom. The SMILES string of the molecule is NC1C(=O)SC(N2CCCC2)=C1Nc1cccc(Cl)c1Cl. The lowest BCUT2D eigenvalue weighted by molar-refractivity contribution is -0.111. The first-order chi connectivity index (χ1) is 10.1. The highest BCUT2D eigenvalue weighted by molar-refractivity contribution is 8.17. The van der Waals surface area contributed by atoms with E-state index in [1.54, 1.807) is 6.07 Å². The van der Waals surface area contributed by atoms with Crippen molar-refractivity contribution in [2.75, 3.05) is 18.4 Å². The number of nitrogens with zero attached hydrogens (tertiary/aromatic N) is 1. The van der Waals surface area contributed by atoms with E-state index in [4.69, 9.17) is 28.9 Å². The van der Waals surface area contributed by atoms with Crippen molar-refractivity contribution in [1.29, 1.82) is 0 Å². The third-order valence-corrected chi connectivity index (χ3v) is 5.55. The summed E-state index contributed by atoms with van der Waals surface area (Å²) in [6, 6.07) is 4.70. The largest absolute Gasteiger partial charge is 0.365 e. The number of thioether (sulfide) groups is 1. The fourth-order valence-electron chi connectivity index (χ4n) is 2.50. The number of anilines is 1. The van der Waals surface area contributed by atoms with Crippen molar-refractivity contribution in [3.05, 3.63) is 39.0 Å². The van der Waals surface area contributed by atoms with Gasteiger partial charge in [-0.25, -0.2) is 0 Å². The summed E-state index contributed by atoms with van der Waals surface area (Å²) in [5.74, 6) is 0. The fourth-order valence-corrected chi connectivity index (χ4v) is 3.88. The molecule has 1 atom stereocenters. The van der Waals surface area contributed by atoms with Crippen molar-refractivity contribution >= 4 is 45.8 Å². The van der Waals surface area contributed by atoms with Crippen LogP contribution in [-0.2, 0) is 4.79 Å². The minimum absolute atomic E-state index is 0.0439. The summed E-state index contributed by atoms with van der Waals surface area (Å²) < 4.78 is 0. The maximum absolute atomic E-state index is 12.0. The van der Waals surface area contributed by atoms with Gasteiger partial charge in [-0.3, -0.25) is 4.79 Å². The zero-order valence-electron chi connectivity index (χ0n) is 11.2. The van der Waals surface area contributed by atoms with Gasteiger partial charge in [-0.2, -0.15) is 0 Å². The molecule has 0 amide bonds. The molecule has 0 bridgehead atoms. The highest BCUT2D eigenvalue weighted by Crippen LogP contribution is 2.39. The van der Waals surface area contributed by atoms with Crippen LogP contribution in [0.4, 0.5) is 5.69 Å². The molecule has 2 aliphatic rings. The van der Waals surface area contributed by atoms with Crippen molar-refractivity contribution in [3.8, 4) is 0 Å². The van der Waals surface area contributed by atoms with Crippen LogP contribution in [0.3, 0.4) is 0 Å². The molecule has 1 aromatic rings. The molecule has 21 heavy (non-hydrogen) atoms. The van der Waals surface area contributed by atoms with Gasteiger partial charge in [0.05, 0.1) is 21.4 Å². The molecule has 1 fully saturated rings. The summed E-state index contributed by atoms with van der Waals surface area (Å²) in [4.78, 5) is 14.2. The van der Waals surface area contributed by atoms with Crippen LogP contribution in [0.2, 0.25) is 10.0 Å². The molecule has 0 aromatic heterocycles. The van der Waals surface area contributed by atoms with E-state index in [9.17, 15) is 4.79 Å². The first-order valence-corrected chi connectivity index (χ1v) is 8.32. The van der Waals surface area contributed by atoms with Crippen LogP contribution in [0.25, 0.3) is 0 Å². The third-order valence-electron chi connectivity index (χ3n) is 3.61. The van der Waals surface area contributed by atoms with E-state index in [2.05, 4.69) is 10.2 Å². The van der Waals surface area contributed by atoms with Crippen molar-refractivity contribution in [2.45, 2.75) is 18.9 Å². The number of carbonyl (C=O) groups is 1. The van der Waals surface area contributed by atoms with Crippen molar-refractivity contribution < 1.29 is 4.79 Å². The second-order valence-electron chi connectivity index (χ2n) is 5.04. The molecule has 1 unspecified atom stereocenters. The third kappa shape index (κ3) is 2.88. The number of rotatable bonds is 3. The second kappa shape index (κ2) is 6.08. The molecule has 4 nitrogen and oxygen atoms in total. The Hall–Kier alpha value is -0.880. The van der Waals surface area contributed by atoms with Crippen LogP contribution >= 0.6 is 35.0 Å². The summed E-state index contributed by atoms with van der Waals surface area (Å²) in [5.41, 5.74) is 7.41. The second-order valence-corrected chi connectivity index (χ2v) is 6.82. The lowest BCUT2D eigenvalue weighted by Crippen LogP contribution is -2.31.